The molecule has 0 bridgehead atoms. The number of primary amides is 1. The Labute approximate surface area is 138 Å². The fourth-order valence-corrected chi connectivity index (χ4v) is 4.27. The van der Waals surface area contributed by atoms with Crippen LogP contribution in [0.1, 0.15) is 28.1 Å². The molecule has 2 aliphatic heterocycles. The summed E-state index contributed by atoms with van der Waals surface area (Å²) in [5.41, 5.74) is 8.75. The molecule has 0 radical (unpaired) electrons. The molecular formula is C17H18N2O3S. The van der Waals surface area contributed by atoms with Crippen molar-refractivity contribution >= 4 is 22.9 Å². The summed E-state index contributed by atoms with van der Waals surface area (Å²) in [7, 11) is 0. The van der Waals surface area contributed by atoms with Crippen LogP contribution in [0.15, 0.2) is 24.3 Å². The monoisotopic (exact) mass is 330 g/mol. The average molecular weight is 330 g/mol. The van der Waals surface area contributed by atoms with Crippen molar-refractivity contribution in [1.82, 2.24) is 0 Å². The molecule has 4 rings (SSSR count). The molecule has 2 aliphatic rings. The smallest absolute Gasteiger partial charge is 0.262 e. The van der Waals surface area contributed by atoms with E-state index in [0.29, 0.717) is 23.8 Å². The minimum Gasteiger partial charge on any atom is -0.489 e. The van der Waals surface area contributed by atoms with E-state index in [-0.39, 0.29) is 6.10 Å². The van der Waals surface area contributed by atoms with E-state index in [1.165, 1.54) is 11.3 Å². The van der Waals surface area contributed by atoms with Crippen molar-refractivity contribution in [1.29, 1.82) is 0 Å². The van der Waals surface area contributed by atoms with Gasteiger partial charge in [0.15, 0.2) is 0 Å². The van der Waals surface area contributed by atoms with E-state index in [0.717, 1.165) is 41.1 Å². The number of nitrogens with one attached hydrogen (secondary N) is 1. The number of amides is 1. The molecule has 1 atom stereocenters. The lowest BCUT2D eigenvalue weighted by atomic mass is 10.0. The Morgan fingerprint density at radius 1 is 1.43 bits per heavy atom. The highest BCUT2D eigenvalue weighted by atomic mass is 32.1. The predicted molar refractivity (Wildman–Crippen MR) is 90.1 cm³/mol. The number of ether oxygens (including phenoxy) is 2. The molecule has 0 spiro atoms. The van der Waals surface area contributed by atoms with Crippen molar-refractivity contribution < 1.29 is 14.3 Å². The van der Waals surface area contributed by atoms with E-state index >= 15 is 0 Å². The summed E-state index contributed by atoms with van der Waals surface area (Å²) >= 11 is 1.41. The second kappa shape index (κ2) is 5.86. The lowest BCUT2D eigenvalue weighted by Gasteiger charge is -2.20. The Balaban J connectivity index is 1.71. The third-order valence-electron chi connectivity index (χ3n) is 4.25. The first-order chi connectivity index (χ1) is 11.2. The first kappa shape index (κ1) is 14.5. The summed E-state index contributed by atoms with van der Waals surface area (Å²) in [5.74, 6) is 0.180. The van der Waals surface area contributed by atoms with Gasteiger partial charge in [0, 0.05) is 34.8 Å². The summed E-state index contributed by atoms with van der Waals surface area (Å²) in [6, 6.07) is 8.07. The molecule has 1 amide bonds. The van der Waals surface area contributed by atoms with Crippen LogP contribution >= 0.6 is 11.3 Å². The second-order valence-corrected chi connectivity index (χ2v) is 6.80. The van der Waals surface area contributed by atoms with Gasteiger partial charge >= 0.3 is 0 Å². The normalized spacial score (nSPS) is 18.9. The Bertz CT molecular complexity index is 750. The zero-order chi connectivity index (χ0) is 15.8. The van der Waals surface area contributed by atoms with E-state index < -0.39 is 5.91 Å². The molecule has 1 saturated heterocycles. The summed E-state index contributed by atoms with van der Waals surface area (Å²) in [6.07, 6.45) is 2.17. The van der Waals surface area contributed by atoms with E-state index in [4.69, 9.17) is 15.2 Å². The van der Waals surface area contributed by atoms with Crippen LogP contribution in [0.5, 0.6) is 5.75 Å². The average Bonchev–Trinajstić information content (AvgIpc) is 3.20. The third kappa shape index (κ3) is 2.58. The van der Waals surface area contributed by atoms with Crippen molar-refractivity contribution in [2.24, 2.45) is 5.73 Å². The van der Waals surface area contributed by atoms with Crippen LogP contribution in [-0.2, 0) is 11.3 Å². The molecule has 1 unspecified atom stereocenters. The molecule has 6 heteroatoms. The summed E-state index contributed by atoms with van der Waals surface area (Å²) < 4.78 is 11.6. The molecule has 1 aromatic carbocycles. The van der Waals surface area contributed by atoms with Gasteiger partial charge in [0.05, 0.1) is 6.10 Å². The Hall–Kier alpha value is -2.05. The number of rotatable bonds is 4. The predicted octanol–water partition coefficient (Wildman–Crippen LogP) is 3.00. The van der Waals surface area contributed by atoms with E-state index in [2.05, 4.69) is 5.32 Å². The molecule has 2 aromatic rings. The highest BCUT2D eigenvalue weighted by Crippen LogP contribution is 2.47. The van der Waals surface area contributed by atoms with E-state index in [1.807, 2.05) is 24.3 Å². The van der Waals surface area contributed by atoms with Gasteiger partial charge < -0.3 is 20.5 Å². The van der Waals surface area contributed by atoms with Crippen molar-refractivity contribution in [2.75, 3.05) is 18.5 Å². The fourth-order valence-electron chi connectivity index (χ4n) is 3.11. The Morgan fingerprint density at radius 3 is 3.09 bits per heavy atom. The highest BCUT2D eigenvalue weighted by Gasteiger charge is 2.28. The van der Waals surface area contributed by atoms with Gasteiger partial charge in [0.1, 0.15) is 17.2 Å². The van der Waals surface area contributed by atoms with Gasteiger partial charge in [-0.2, -0.15) is 0 Å². The zero-order valence-corrected chi connectivity index (χ0v) is 13.4. The number of anilines is 1. The van der Waals surface area contributed by atoms with Gasteiger partial charge in [0.2, 0.25) is 0 Å². The van der Waals surface area contributed by atoms with Crippen LogP contribution in [-0.4, -0.2) is 25.2 Å². The fraction of sp³-hybridized carbons (Fsp3) is 0.353. The largest absolute Gasteiger partial charge is 0.489 e. The van der Waals surface area contributed by atoms with Crippen LogP contribution < -0.4 is 15.8 Å². The Morgan fingerprint density at radius 2 is 2.30 bits per heavy atom. The molecule has 3 N–H and O–H groups in total. The molecule has 0 saturated carbocycles. The maximum absolute atomic E-state index is 11.8. The molecule has 23 heavy (non-hydrogen) atoms. The molecule has 120 valence electrons. The van der Waals surface area contributed by atoms with Gasteiger partial charge in [-0.05, 0) is 18.9 Å². The maximum Gasteiger partial charge on any atom is 0.262 e. The van der Waals surface area contributed by atoms with Crippen LogP contribution in [0.4, 0.5) is 5.69 Å². The SMILES string of the molecule is NC(=O)c1sc2c(c1OCC1CCCO1)CNc1ccccc1-2. The molecule has 1 fully saturated rings. The van der Waals surface area contributed by atoms with Gasteiger partial charge in [-0.1, -0.05) is 18.2 Å². The van der Waals surface area contributed by atoms with Gasteiger partial charge in [-0.3, -0.25) is 4.79 Å². The van der Waals surface area contributed by atoms with E-state index in [1.54, 1.807) is 0 Å². The van der Waals surface area contributed by atoms with Crippen molar-refractivity contribution in [3.8, 4) is 16.2 Å². The molecule has 1 aromatic heterocycles. The topological polar surface area (TPSA) is 73.6 Å². The molecule has 3 heterocycles. The van der Waals surface area contributed by atoms with Crippen LogP contribution in [0, 0.1) is 0 Å². The number of fused-ring (bicyclic) bond motifs is 3. The lowest BCUT2D eigenvalue weighted by molar-refractivity contribution is 0.0671. The van der Waals surface area contributed by atoms with Crippen molar-refractivity contribution in [2.45, 2.75) is 25.5 Å². The molecular weight excluding hydrogens is 312 g/mol. The lowest BCUT2D eigenvalue weighted by Crippen LogP contribution is -2.19. The molecule has 5 nitrogen and oxygen atoms in total. The quantitative estimate of drug-likeness (QED) is 0.904. The first-order valence-electron chi connectivity index (χ1n) is 7.77. The number of carbonyl (C=O) groups excluding carboxylic acids is 1. The number of carbonyl (C=O) groups is 1. The van der Waals surface area contributed by atoms with Crippen LogP contribution in [0.25, 0.3) is 10.4 Å². The van der Waals surface area contributed by atoms with Crippen LogP contribution in [0.3, 0.4) is 0 Å². The van der Waals surface area contributed by atoms with Gasteiger partial charge in [0.25, 0.3) is 5.91 Å². The number of hydrogen-bond acceptors (Lipinski definition) is 5. The number of para-hydroxylation sites is 1. The number of nitrogens with two attached hydrogens (primary N) is 1. The summed E-state index contributed by atoms with van der Waals surface area (Å²) in [6.45, 7) is 1.88. The number of benzene rings is 1. The minimum absolute atomic E-state index is 0.107. The minimum atomic E-state index is -0.441. The summed E-state index contributed by atoms with van der Waals surface area (Å²) in [4.78, 5) is 13.4. The second-order valence-electron chi connectivity index (χ2n) is 5.78. The molecule has 0 aliphatic carbocycles. The first-order valence-corrected chi connectivity index (χ1v) is 8.59. The van der Waals surface area contributed by atoms with Gasteiger partial charge in [-0.25, -0.2) is 0 Å². The van der Waals surface area contributed by atoms with Crippen LogP contribution in [0.2, 0.25) is 0 Å². The standard InChI is InChI=1S/C17H18N2O3S/c18-17(20)16-14(22-9-10-4-3-7-21-10)12-8-19-13-6-2-1-5-11(13)15(12)23-16/h1-2,5-6,10,19H,3-4,7-9H2,(H2,18,20). The van der Waals surface area contributed by atoms with Gasteiger partial charge in [-0.15, -0.1) is 11.3 Å². The third-order valence-corrected chi connectivity index (χ3v) is 5.51. The Kier molecular flexibility index (Phi) is 3.71. The highest BCUT2D eigenvalue weighted by molar-refractivity contribution is 7.18. The summed E-state index contributed by atoms with van der Waals surface area (Å²) in [5, 5.41) is 3.38. The maximum atomic E-state index is 11.8. The van der Waals surface area contributed by atoms with Crippen molar-refractivity contribution in [3.05, 3.63) is 34.7 Å². The zero-order valence-electron chi connectivity index (χ0n) is 12.6. The van der Waals surface area contributed by atoms with E-state index in [9.17, 15) is 4.79 Å². The number of thiophene rings is 1. The number of hydrogen-bond donors (Lipinski definition) is 2. The van der Waals surface area contributed by atoms with Crippen molar-refractivity contribution in [3.63, 3.8) is 0 Å².